The van der Waals surface area contributed by atoms with E-state index in [9.17, 15) is 9.46 Å². The lowest BCUT2D eigenvalue weighted by atomic mass is 10.3. The first-order valence-electron chi connectivity index (χ1n) is 4.15. The van der Waals surface area contributed by atoms with Gasteiger partial charge in [0.25, 0.3) is 6.48 Å². The van der Waals surface area contributed by atoms with E-state index < -0.39 is 14.3 Å². The van der Waals surface area contributed by atoms with Gasteiger partial charge in [-0.05, 0) is 12.1 Å². The van der Waals surface area contributed by atoms with E-state index in [1.54, 1.807) is 18.2 Å². The Labute approximate surface area is 86.0 Å². The highest BCUT2D eigenvalue weighted by Gasteiger charge is 2.33. The molecule has 0 radical (unpaired) electrons. The molecule has 1 aromatic rings. The maximum atomic E-state index is 11.3. The van der Waals surface area contributed by atoms with Crippen molar-refractivity contribution < 1.29 is 28.0 Å². The molecule has 2 rings (SSSR count). The monoisotopic (exact) mass is 232 g/mol. The van der Waals surface area contributed by atoms with Crippen molar-refractivity contribution in [3.8, 4) is 5.75 Å². The van der Waals surface area contributed by atoms with Crippen LogP contribution in [0.4, 0.5) is 0 Å². The molecule has 1 aromatic carbocycles. The molecular weight excluding hydrogens is 223 g/mol. The molecular formula is C8H9O6P. The van der Waals surface area contributed by atoms with Crippen molar-refractivity contribution in [2.45, 2.75) is 6.48 Å². The summed E-state index contributed by atoms with van der Waals surface area (Å²) >= 11 is 0. The van der Waals surface area contributed by atoms with Crippen LogP contribution in [-0.4, -0.2) is 18.2 Å². The molecule has 15 heavy (non-hydrogen) atoms. The summed E-state index contributed by atoms with van der Waals surface area (Å²) < 4.78 is 29.9. The largest absolute Gasteiger partial charge is 0.531 e. The van der Waals surface area contributed by atoms with Crippen LogP contribution in [0.5, 0.6) is 5.75 Å². The Morgan fingerprint density at radius 1 is 1.33 bits per heavy atom. The van der Waals surface area contributed by atoms with Crippen LogP contribution in [0.2, 0.25) is 0 Å². The highest BCUT2D eigenvalue weighted by molar-refractivity contribution is 7.47. The second kappa shape index (κ2) is 4.30. The van der Waals surface area contributed by atoms with Crippen LogP contribution in [0.25, 0.3) is 0 Å². The molecule has 0 aliphatic carbocycles. The van der Waals surface area contributed by atoms with Crippen LogP contribution in [0.3, 0.4) is 0 Å². The number of hydrogen-bond donors (Lipinski definition) is 1. The summed E-state index contributed by atoms with van der Waals surface area (Å²) in [5.74, 6) is 0.239. The van der Waals surface area contributed by atoms with Crippen molar-refractivity contribution in [1.82, 2.24) is 0 Å². The van der Waals surface area contributed by atoms with Crippen LogP contribution in [0.1, 0.15) is 0 Å². The first-order chi connectivity index (χ1) is 7.16. The van der Waals surface area contributed by atoms with Crippen molar-refractivity contribution in [2.24, 2.45) is 0 Å². The summed E-state index contributed by atoms with van der Waals surface area (Å²) in [5.41, 5.74) is 0. The SMILES string of the molecule is O=P(O)(Oc1ccccc1)OC1OCO1. The fourth-order valence-electron chi connectivity index (χ4n) is 0.929. The number of hydrogen-bond acceptors (Lipinski definition) is 5. The van der Waals surface area contributed by atoms with E-state index in [4.69, 9.17) is 4.52 Å². The average molecular weight is 232 g/mol. The molecule has 1 fully saturated rings. The van der Waals surface area contributed by atoms with Crippen LogP contribution in [0, 0.1) is 0 Å². The van der Waals surface area contributed by atoms with Gasteiger partial charge in [-0.25, -0.2) is 9.09 Å². The van der Waals surface area contributed by atoms with E-state index in [0.717, 1.165) is 0 Å². The highest BCUT2D eigenvalue weighted by Crippen LogP contribution is 2.46. The standard InChI is InChI=1S/C8H9O6P/c9-15(10,14-8-11-6-12-8)13-7-4-2-1-3-5-7/h1-5,8H,6H2,(H,9,10). The third-order valence-electron chi connectivity index (χ3n) is 1.59. The molecule has 7 heteroatoms. The first-order valence-corrected chi connectivity index (χ1v) is 5.64. The van der Waals surface area contributed by atoms with Gasteiger partial charge in [-0.3, -0.25) is 4.89 Å². The molecule has 82 valence electrons. The van der Waals surface area contributed by atoms with Gasteiger partial charge >= 0.3 is 7.82 Å². The topological polar surface area (TPSA) is 74.2 Å². The number of rotatable bonds is 4. The maximum absolute atomic E-state index is 11.3. The maximum Gasteiger partial charge on any atom is 0.531 e. The van der Waals surface area contributed by atoms with E-state index in [2.05, 4.69) is 14.0 Å². The molecule has 1 saturated heterocycles. The van der Waals surface area contributed by atoms with Gasteiger partial charge < -0.3 is 14.0 Å². The Bertz CT molecular complexity index is 363. The number of phosphoric ester groups is 1. The zero-order chi connectivity index (χ0) is 10.7. The van der Waals surface area contributed by atoms with Crippen molar-refractivity contribution in [2.75, 3.05) is 6.79 Å². The summed E-state index contributed by atoms with van der Waals surface area (Å²) in [5, 5.41) is 0. The molecule has 1 aliphatic rings. The number of para-hydroxylation sites is 1. The van der Waals surface area contributed by atoms with Crippen LogP contribution in [-0.2, 0) is 18.6 Å². The number of ether oxygens (including phenoxy) is 2. The van der Waals surface area contributed by atoms with Gasteiger partial charge in [-0.15, -0.1) is 0 Å². The molecule has 6 nitrogen and oxygen atoms in total. The molecule has 1 aliphatic heterocycles. The average Bonchev–Trinajstić information content (AvgIpc) is 2.13. The van der Waals surface area contributed by atoms with Gasteiger partial charge in [-0.1, -0.05) is 18.2 Å². The minimum absolute atomic E-state index is 0.0516. The van der Waals surface area contributed by atoms with Gasteiger partial charge in [0.15, 0.2) is 6.79 Å². The Balaban J connectivity index is 1.94. The van der Waals surface area contributed by atoms with E-state index in [-0.39, 0.29) is 12.5 Å². The fourth-order valence-corrected chi connectivity index (χ4v) is 1.70. The Kier molecular flexibility index (Phi) is 3.04. The van der Waals surface area contributed by atoms with Crippen molar-refractivity contribution in [3.05, 3.63) is 30.3 Å². The van der Waals surface area contributed by atoms with E-state index >= 15 is 0 Å². The van der Waals surface area contributed by atoms with Crippen LogP contribution >= 0.6 is 7.82 Å². The Hall–Kier alpha value is -0.910. The Morgan fingerprint density at radius 2 is 2.00 bits per heavy atom. The third kappa shape index (κ3) is 3.02. The Morgan fingerprint density at radius 3 is 2.53 bits per heavy atom. The summed E-state index contributed by atoms with van der Waals surface area (Å²) in [7, 11) is -4.19. The smallest absolute Gasteiger partial charge is 0.404 e. The number of phosphoric acid groups is 1. The third-order valence-corrected chi connectivity index (χ3v) is 2.47. The van der Waals surface area contributed by atoms with Gasteiger partial charge in [0.2, 0.25) is 0 Å². The molecule has 0 bridgehead atoms. The summed E-state index contributed by atoms with van der Waals surface area (Å²) in [6.45, 7) is -1.07. The first kappa shape index (κ1) is 10.6. The van der Waals surface area contributed by atoms with Crippen LogP contribution < -0.4 is 4.52 Å². The lowest BCUT2D eigenvalue weighted by Crippen LogP contribution is -2.32. The van der Waals surface area contributed by atoms with Gasteiger partial charge in [0.05, 0.1) is 0 Å². The molecule has 0 saturated carbocycles. The minimum atomic E-state index is -4.19. The molecule has 0 spiro atoms. The predicted molar refractivity (Wildman–Crippen MR) is 48.8 cm³/mol. The normalized spacial score (nSPS) is 20.3. The zero-order valence-corrected chi connectivity index (χ0v) is 8.50. The quantitative estimate of drug-likeness (QED) is 0.792. The fraction of sp³-hybridized carbons (Fsp3) is 0.250. The molecule has 0 amide bonds. The highest BCUT2D eigenvalue weighted by atomic mass is 31.2. The molecule has 1 unspecified atom stereocenters. The summed E-state index contributed by atoms with van der Waals surface area (Å²) in [6.07, 6.45) is 0. The van der Waals surface area contributed by atoms with Crippen molar-refractivity contribution in [3.63, 3.8) is 0 Å². The molecule has 1 heterocycles. The van der Waals surface area contributed by atoms with E-state index in [1.807, 2.05) is 0 Å². The van der Waals surface area contributed by atoms with Crippen molar-refractivity contribution in [1.29, 1.82) is 0 Å². The van der Waals surface area contributed by atoms with E-state index in [0.29, 0.717) is 0 Å². The van der Waals surface area contributed by atoms with E-state index in [1.165, 1.54) is 12.1 Å². The molecule has 1 atom stereocenters. The minimum Gasteiger partial charge on any atom is -0.404 e. The second-order valence-electron chi connectivity index (χ2n) is 2.72. The van der Waals surface area contributed by atoms with Crippen molar-refractivity contribution >= 4 is 7.82 Å². The van der Waals surface area contributed by atoms with Crippen LogP contribution in [0.15, 0.2) is 30.3 Å². The molecule has 1 N–H and O–H groups in total. The zero-order valence-electron chi connectivity index (χ0n) is 7.61. The predicted octanol–water partition coefficient (Wildman–Crippen LogP) is 1.47. The van der Waals surface area contributed by atoms with Gasteiger partial charge in [-0.2, -0.15) is 0 Å². The summed E-state index contributed by atoms with van der Waals surface area (Å²) in [4.78, 5) is 9.25. The number of benzene rings is 1. The van der Waals surface area contributed by atoms with Gasteiger partial charge in [0.1, 0.15) is 5.75 Å². The summed E-state index contributed by atoms with van der Waals surface area (Å²) in [6, 6.07) is 8.18. The lowest BCUT2D eigenvalue weighted by Gasteiger charge is -2.27. The van der Waals surface area contributed by atoms with Gasteiger partial charge in [0, 0.05) is 0 Å². The lowest BCUT2D eigenvalue weighted by molar-refractivity contribution is -0.397. The molecule has 0 aromatic heterocycles. The second-order valence-corrected chi connectivity index (χ2v) is 4.05.